The highest BCUT2D eigenvalue weighted by molar-refractivity contribution is 6.28. The lowest BCUT2D eigenvalue weighted by atomic mass is 10.1. The lowest BCUT2D eigenvalue weighted by molar-refractivity contribution is 0.437. The third-order valence-electron chi connectivity index (χ3n) is 3.38. The second-order valence-corrected chi connectivity index (χ2v) is 5.50. The number of hydrogen-bond acceptors (Lipinski definition) is 3. The van der Waals surface area contributed by atoms with Crippen LogP contribution in [-0.2, 0) is 6.67 Å². The van der Waals surface area contributed by atoms with E-state index in [1.165, 1.54) is 12.3 Å². The van der Waals surface area contributed by atoms with E-state index in [1.54, 1.807) is 16.7 Å². The van der Waals surface area contributed by atoms with Gasteiger partial charge < -0.3 is 4.57 Å². The van der Waals surface area contributed by atoms with Gasteiger partial charge in [-0.3, -0.25) is 0 Å². The van der Waals surface area contributed by atoms with Crippen molar-refractivity contribution in [2.75, 3.05) is 0 Å². The van der Waals surface area contributed by atoms with Crippen molar-refractivity contribution >= 4 is 22.6 Å². The first-order valence-corrected chi connectivity index (χ1v) is 7.14. The van der Waals surface area contributed by atoms with E-state index in [0.717, 1.165) is 0 Å². The predicted molar refractivity (Wildman–Crippen MR) is 80.9 cm³/mol. The molecule has 1 aromatic carbocycles. The van der Waals surface area contributed by atoms with Crippen LogP contribution in [0.3, 0.4) is 0 Å². The topological polar surface area (TPSA) is 43.6 Å². The van der Waals surface area contributed by atoms with Crippen molar-refractivity contribution in [2.45, 2.75) is 26.6 Å². The molecule has 2 heterocycles. The van der Waals surface area contributed by atoms with Gasteiger partial charge in [0.15, 0.2) is 5.82 Å². The number of rotatable bonds is 3. The normalized spacial score (nSPS) is 11.5. The molecule has 0 fully saturated rings. The molecule has 0 unspecified atom stereocenters. The van der Waals surface area contributed by atoms with Crippen LogP contribution in [0.1, 0.15) is 25.7 Å². The van der Waals surface area contributed by atoms with Gasteiger partial charge >= 0.3 is 0 Å². The van der Waals surface area contributed by atoms with Crippen LogP contribution in [0.15, 0.2) is 24.4 Å². The number of imidazole rings is 1. The monoisotopic (exact) mass is 322 g/mol. The SMILES string of the molecule is CC(C)n1c(CF)nc2c(F)cc(-c3ccnc(Cl)n3)cc21. The Morgan fingerprint density at radius 3 is 2.68 bits per heavy atom. The van der Waals surface area contributed by atoms with Crippen LogP contribution in [0.2, 0.25) is 5.28 Å². The number of nitrogens with zero attached hydrogens (tertiary/aromatic N) is 4. The van der Waals surface area contributed by atoms with E-state index in [2.05, 4.69) is 15.0 Å². The Hall–Kier alpha value is -2.08. The van der Waals surface area contributed by atoms with Crippen molar-refractivity contribution in [3.63, 3.8) is 0 Å². The first-order valence-electron chi connectivity index (χ1n) is 6.76. The summed E-state index contributed by atoms with van der Waals surface area (Å²) in [7, 11) is 0. The van der Waals surface area contributed by atoms with E-state index in [0.29, 0.717) is 16.8 Å². The van der Waals surface area contributed by atoms with Crippen LogP contribution >= 0.6 is 11.6 Å². The Morgan fingerprint density at radius 2 is 2.05 bits per heavy atom. The fraction of sp³-hybridized carbons (Fsp3) is 0.267. The maximum Gasteiger partial charge on any atom is 0.222 e. The third kappa shape index (κ3) is 2.43. The number of fused-ring (bicyclic) bond motifs is 1. The van der Waals surface area contributed by atoms with Gasteiger partial charge in [-0.05, 0) is 43.6 Å². The molecule has 0 radical (unpaired) electrons. The third-order valence-corrected chi connectivity index (χ3v) is 3.56. The summed E-state index contributed by atoms with van der Waals surface area (Å²) in [5, 5.41) is 0.0832. The highest BCUT2D eigenvalue weighted by Gasteiger charge is 2.18. The van der Waals surface area contributed by atoms with Crippen LogP contribution in [-0.4, -0.2) is 19.5 Å². The summed E-state index contributed by atoms with van der Waals surface area (Å²) in [6, 6.07) is 4.65. The fourth-order valence-electron chi connectivity index (χ4n) is 2.51. The van der Waals surface area contributed by atoms with Gasteiger partial charge in [-0.25, -0.2) is 23.7 Å². The summed E-state index contributed by atoms with van der Waals surface area (Å²) >= 11 is 5.78. The van der Waals surface area contributed by atoms with Gasteiger partial charge in [0.25, 0.3) is 0 Å². The van der Waals surface area contributed by atoms with Crippen molar-refractivity contribution in [1.82, 2.24) is 19.5 Å². The summed E-state index contributed by atoms with van der Waals surface area (Å²) in [6.45, 7) is 3.04. The summed E-state index contributed by atoms with van der Waals surface area (Å²) in [4.78, 5) is 11.9. The Kier molecular flexibility index (Phi) is 3.78. The maximum atomic E-state index is 14.4. The molecule has 0 aliphatic rings. The molecule has 0 atom stereocenters. The second kappa shape index (κ2) is 5.61. The molecule has 0 aliphatic carbocycles. The molecule has 22 heavy (non-hydrogen) atoms. The number of benzene rings is 1. The minimum atomic E-state index is -0.749. The van der Waals surface area contributed by atoms with E-state index in [1.807, 2.05) is 13.8 Å². The number of alkyl halides is 1. The summed E-state index contributed by atoms with van der Waals surface area (Å²) in [5.41, 5.74) is 1.73. The molecule has 0 saturated carbocycles. The smallest absolute Gasteiger partial charge is 0.222 e. The Balaban J connectivity index is 2.29. The summed E-state index contributed by atoms with van der Waals surface area (Å²) < 4.78 is 29.2. The second-order valence-electron chi connectivity index (χ2n) is 5.16. The van der Waals surface area contributed by atoms with Gasteiger partial charge in [0.1, 0.15) is 18.0 Å². The maximum absolute atomic E-state index is 14.4. The van der Waals surface area contributed by atoms with Crippen molar-refractivity contribution in [2.24, 2.45) is 0 Å². The number of halogens is 3. The fourth-order valence-corrected chi connectivity index (χ4v) is 2.66. The molecule has 0 spiro atoms. The standard InChI is InChI=1S/C15H13ClF2N4/c1-8(2)22-12-6-9(11-3-4-19-15(16)20-11)5-10(18)14(12)21-13(22)7-17/h3-6,8H,7H2,1-2H3. The average molecular weight is 323 g/mol. The quantitative estimate of drug-likeness (QED) is 0.674. The van der Waals surface area contributed by atoms with E-state index < -0.39 is 12.5 Å². The largest absolute Gasteiger partial charge is 0.323 e. The number of aromatic nitrogens is 4. The molecule has 7 heteroatoms. The zero-order valence-electron chi connectivity index (χ0n) is 12.0. The van der Waals surface area contributed by atoms with Crippen molar-refractivity contribution in [3.8, 4) is 11.3 Å². The lowest BCUT2D eigenvalue weighted by Gasteiger charge is -2.12. The van der Waals surface area contributed by atoms with Crippen LogP contribution < -0.4 is 0 Å². The molecule has 2 aromatic heterocycles. The van der Waals surface area contributed by atoms with E-state index in [9.17, 15) is 8.78 Å². The van der Waals surface area contributed by atoms with E-state index >= 15 is 0 Å². The minimum absolute atomic E-state index is 0.0422. The van der Waals surface area contributed by atoms with Crippen molar-refractivity contribution in [1.29, 1.82) is 0 Å². The van der Waals surface area contributed by atoms with E-state index in [-0.39, 0.29) is 22.7 Å². The molecular formula is C15H13ClF2N4. The van der Waals surface area contributed by atoms with Crippen LogP contribution in [0, 0.1) is 5.82 Å². The Labute approximate surface area is 130 Å². The lowest BCUT2D eigenvalue weighted by Crippen LogP contribution is -2.05. The number of hydrogen-bond donors (Lipinski definition) is 0. The van der Waals surface area contributed by atoms with E-state index in [4.69, 9.17) is 11.6 Å². The molecule has 0 bridgehead atoms. The molecule has 0 N–H and O–H groups in total. The Bertz CT molecular complexity index is 845. The van der Waals surface area contributed by atoms with Gasteiger partial charge in [-0.15, -0.1) is 0 Å². The van der Waals surface area contributed by atoms with Gasteiger partial charge in [-0.1, -0.05) is 0 Å². The van der Waals surface area contributed by atoms with Gasteiger partial charge in [-0.2, -0.15) is 0 Å². The zero-order valence-corrected chi connectivity index (χ0v) is 12.8. The molecule has 114 valence electrons. The molecule has 0 amide bonds. The molecule has 0 aliphatic heterocycles. The molecule has 0 saturated heterocycles. The molecule has 3 aromatic rings. The van der Waals surface area contributed by atoms with Gasteiger partial charge in [0, 0.05) is 17.8 Å². The van der Waals surface area contributed by atoms with Gasteiger partial charge in [0.2, 0.25) is 5.28 Å². The van der Waals surface area contributed by atoms with Crippen LogP contribution in [0.25, 0.3) is 22.3 Å². The minimum Gasteiger partial charge on any atom is -0.323 e. The van der Waals surface area contributed by atoms with Crippen LogP contribution in [0.4, 0.5) is 8.78 Å². The van der Waals surface area contributed by atoms with Crippen molar-refractivity contribution < 1.29 is 8.78 Å². The predicted octanol–water partition coefficient (Wildman–Crippen LogP) is 4.34. The molecular weight excluding hydrogens is 310 g/mol. The van der Waals surface area contributed by atoms with Crippen LogP contribution in [0.5, 0.6) is 0 Å². The zero-order chi connectivity index (χ0) is 15.9. The first kappa shape index (κ1) is 14.8. The molecule has 4 nitrogen and oxygen atoms in total. The highest BCUT2D eigenvalue weighted by atomic mass is 35.5. The summed E-state index contributed by atoms with van der Waals surface area (Å²) in [6.07, 6.45) is 1.50. The first-order chi connectivity index (χ1) is 10.5. The summed E-state index contributed by atoms with van der Waals surface area (Å²) in [5.74, 6) is -0.307. The van der Waals surface area contributed by atoms with Gasteiger partial charge in [0.05, 0.1) is 11.2 Å². The highest BCUT2D eigenvalue weighted by Crippen LogP contribution is 2.29. The van der Waals surface area contributed by atoms with Crippen molar-refractivity contribution in [3.05, 3.63) is 41.3 Å². The Morgan fingerprint density at radius 1 is 1.27 bits per heavy atom. The average Bonchev–Trinajstić information content (AvgIpc) is 2.86. The molecule has 3 rings (SSSR count).